The molecule has 0 aromatic heterocycles. The van der Waals surface area contributed by atoms with E-state index in [0.717, 1.165) is 38.5 Å². The first-order valence-corrected chi connectivity index (χ1v) is 20.5. The Morgan fingerprint density at radius 2 is 1.74 bits per heavy atom. The van der Waals surface area contributed by atoms with E-state index in [4.69, 9.17) is 20.3 Å². The molecule has 4 rings (SSSR count). The summed E-state index contributed by atoms with van der Waals surface area (Å²) in [7, 11) is 1.91. The number of aliphatic carboxylic acids is 1. The number of hydrogen-bond donors (Lipinski definition) is 8. The van der Waals surface area contributed by atoms with Gasteiger partial charge in [-0.05, 0) is 149 Å². The number of rotatable bonds is 12. The lowest BCUT2D eigenvalue weighted by molar-refractivity contribution is -0.211. The standard InChI is InChI=1S/C18H34N2O6S.C15H12I3NO4/c1-5-6-10-7-11(20(3)8-10)17(25)19-12(9(2)21)16-14(23)13(22)15(24)18(26-16)27-4;16-9-6-8(1-2-13(9)20)23-14-10(17)3-7(4-11(14)18)5-12(19)15(21)22/h9-16,18,21-24H,5-8H2,1-4H3,(H,19,25);1-4,6,12,20H,5,19H2,(H,21,22)/t9-,10-,11+,12-,13+,14-,15-,16-,18-;12-/m10/s1. The monoisotopic (exact) mass is 1060 g/mol. The van der Waals surface area contributed by atoms with Gasteiger partial charge in [-0.25, -0.2) is 0 Å². The van der Waals surface area contributed by atoms with Crippen molar-refractivity contribution in [1.29, 1.82) is 0 Å². The zero-order valence-corrected chi connectivity index (χ0v) is 35.4. The quantitative estimate of drug-likeness (QED) is 0.144. The van der Waals surface area contributed by atoms with Crippen LogP contribution in [0.2, 0.25) is 0 Å². The number of thioether (sulfide) groups is 1. The first-order chi connectivity index (χ1) is 23.5. The third-order valence-corrected chi connectivity index (χ3v) is 11.9. The second-order valence-electron chi connectivity index (χ2n) is 12.6. The van der Waals surface area contributed by atoms with Crippen LogP contribution in [0.4, 0.5) is 0 Å². The highest BCUT2D eigenvalue weighted by molar-refractivity contribution is 14.1. The number of nitrogens with zero attached hydrogens (tertiary/aromatic N) is 1. The van der Waals surface area contributed by atoms with Crippen LogP contribution in [-0.4, -0.2) is 121 Å². The average Bonchev–Trinajstić information content (AvgIpc) is 3.42. The fourth-order valence-electron chi connectivity index (χ4n) is 5.97. The lowest BCUT2D eigenvalue weighted by Gasteiger charge is -2.44. The van der Waals surface area contributed by atoms with Crippen molar-refractivity contribution >= 4 is 91.4 Å². The summed E-state index contributed by atoms with van der Waals surface area (Å²) in [6, 6.07) is 6.63. The van der Waals surface area contributed by atoms with E-state index >= 15 is 0 Å². The molecule has 0 bridgehead atoms. The maximum atomic E-state index is 12.8. The normalized spacial score (nSPS) is 27.1. The predicted molar refractivity (Wildman–Crippen MR) is 215 cm³/mol. The van der Waals surface area contributed by atoms with Crippen molar-refractivity contribution < 1.29 is 49.7 Å². The topological polar surface area (TPSA) is 215 Å². The SMILES string of the molecule is CCC[C@@H]1C[C@@H](C(=O)N[C@@H]([C@H]2O[C@H](SC)[C@H](O)[C@@H](O)[C@H]2O)[C@@H](C)O)N(C)C1.N[C@@H](Cc1cc(I)c(Oc2ccc(O)c(I)c2)c(I)c1)C(=O)O. The van der Waals surface area contributed by atoms with Crippen molar-refractivity contribution in [2.75, 3.05) is 19.8 Å². The lowest BCUT2D eigenvalue weighted by Crippen LogP contribution is -2.65. The van der Waals surface area contributed by atoms with E-state index in [1.807, 2.05) is 46.7 Å². The summed E-state index contributed by atoms with van der Waals surface area (Å²) < 4.78 is 14.1. The maximum absolute atomic E-state index is 12.8. The average molecular weight is 1060 g/mol. The molecule has 0 radical (unpaired) electrons. The fraction of sp³-hybridized carbons (Fsp3) is 0.576. The van der Waals surface area contributed by atoms with Crippen molar-refractivity contribution in [2.45, 2.75) is 93.6 Å². The molecule has 2 fully saturated rings. The van der Waals surface area contributed by atoms with Gasteiger partial charge in [0.1, 0.15) is 47.4 Å². The Labute approximate surface area is 337 Å². The first-order valence-electron chi connectivity index (χ1n) is 16.0. The van der Waals surface area contributed by atoms with Crippen molar-refractivity contribution in [3.8, 4) is 17.2 Å². The molecule has 2 saturated heterocycles. The van der Waals surface area contributed by atoms with E-state index in [-0.39, 0.29) is 24.1 Å². The summed E-state index contributed by atoms with van der Waals surface area (Å²) in [5, 5.41) is 62.0. The van der Waals surface area contributed by atoms with Crippen LogP contribution in [0.25, 0.3) is 0 Å². The Morgan fingerprint density at radius 3 is 2.28 bits per heavy atom. The van der Waals surface area contributed by atoms with Crippen LogP contribution >= 0.6 is 79.5 Å². The van der Waals surface area contributed by atoms with Gasteiger partial charge in [0.15, 0.2) is 5.75 Å². The van der Waals surface area contributed by atoms with E-state index < -0.39 is 54.0 Å². The smallest absolute Gasteiger partial charge is 0.320 e. The molecule has 13 nitrogen and oxygen atoms in total. The number of aliphatic hydroxyl groups excluding tert-OH is 4. The number of halogens is 3. The lowest BCUT2D eigenvalue weighted by atomic mass is 9.92. The minimum Gasteiger partial charge on any atom is -0.507 e. The number of carbonyl (C=O) groups is 2. The molecule has 280 valence electrons. The molecule has 0 saturated carbocycles. The van der Waals surface area contributed by atoms with Gasteiger partial charge in [0.05, 0.1) is 28.9 Å². The van der Waals surface area contributed by atoms with Crippen LogP contribution in [0.15, 0.2) is 30.3 Å². The third kappa shape index (κ3) is 11.6. The Balaban J connectivity index is 0.000000274. The number of carbonyl (C=O) groups excluding carboxylic acids is 1. The zero-order valence-electron chi connectivity index (χ0n) is 28.1. The predicted octanol–water partition coefficient (Wildman–Crippen LogP) is 3.10. The fourth-order valence-corrected chi connectivity index (χ4v) is 9.25. The number of carboxylic acids is 1. The van der Waals surface area contributed by atoms with Crippen LogP contribution in [0, 0.1) is 16.6 Å². The second-order valence-corrected chi connectivity index (χ2v) is 17.0. The number of likely N-dealkylation sites (N-methyl/N-ethyl adjacent to an activating group) is 1. The number of hydrogen-bond acceptors (Lipinski definition) is 12. The molecule has 2 aliphatic heterocycles. The Morgan fingerprint density at radius 1 is 1.10 bits per heavy atom. The zero-order chi connectivity index (χ0) is 37.4. The van der Waals surface area contributed by atoms with Crippen molar-refractivity contribution in [3.05, 3.63) is 46.6 Å². The molecular weight excluding hydrogens is 1010 g/mol. The number of amides is 1. The Hall–Kier alpha value is -0.760. The van der Waals surface area contributed by atoms with Crippen molar-refractivity contribution in [1.82, 2.24) is 10.2 Å². The molecule has 0 spiro atoms. The molecule has 0 unspecified atom stereocenters. The molecular formula is C33H46I3N3O10S. The summed E-state index contributed by atoms with van der Waals surface area (Å²) in [6.07, 6.45) is -1.23. The highest BCUT2D eigenvalue weighted by Gasteiger charge is 2.48. The minimum atomic E-state index is -1.42. The number of phenolic OH excluding ortho intramolecular Hbond substituents is 1. The molecule has 2 aromatic rings. The first kappa shape index (κ1) is 43.6. The van der Waals surface area contributed by atoms with Gasteiger partial charge in [0, 0.05) is 6.54 Å². The van der Waals surface area contributed by atoms with E-state index in [0.29, 0.717) is 21.0 Å². The summed E-state index contributed by atoms with van der Waals surface area (Å²) in [5.74, 6) is 0.752. The largest absolute Gasteiger partial charge is 0.507 e. The number of aromatic hydroxyl groups is 1. The molecule has 2 aliphatic rings. The van der Waals surface area contributed by atoms with Crippen molar-refractivity contribution in [2.24, 2.45) is 11.7 Å². The van der Waals surface area contributed by atoms with Gasteiger partial charge in [0.25, 0.3) is 0 Å². The van der Waals surface area contributed by atoms with Gasteiger partial charge in [-0.15, -0.1) is 11.8 Å². The Bertz CT molecular complexity index is 1430. The number of nitrogens with two attached hydrogens (primary N) is 1. The number of likely N-dealkylation sites (tertiary alicyclic amines) is 1. The summed E-state index contributed by atoms with van der Waals surface area (Å²) >= 11 is 7.53. The second kappa shape index (κ2) is 20.1. The summed E-state index contributed by atoms with van der Waals surface area (Å²) in [4.78, 5) is 25.7. The van der Waals surface area contributed by atoms with Crippen LogP contribution < -0.4 is 15.8 Å². The van der Waals surface area contributed by atoms with Crippen LogP contribution in [0.5, 0.6) is 17.2 Å². The van der Waals surface area contributed by atoms with E-state index in [2.05, 4.69) is 57.4 Å². The van der Waals surface area contributed by atoms with Crippen molar-refractivity contribution in [3.63, 3.8) is 0 Å². The maximum Gasteiger partial charge on any atom is 0.320 e. The van der Waals surface area contributed by atoms with Crippen LogP contribution in [0.3, 0.4) is 0 Å². The third-order valence-electron chi connectivity index (χ3n) is 8.63. The molecule has 2 aromatic carbocycles. The highest BCUT2D eigenvalue weighted by Crippen LogP contribution is 2.35. The Kier molecular flexibility index (Phi) is 17.5. The number of benzene rings is 2. The van der Waals surface area contributed by atoms with E-state index in [9.17, 15) is 35.1 Å². The van der Waals surface area contributed by atoms with Gasteiger partial charge >= 0.3 is 5.97 Å². The number of ether oxygens (including phenoxy) is 2. The number of aliphatic hydroxyl groups is 4. The number of carboxylic acid groups (broad SMARTS) is 1. The molecule has 1 amide bonds. The molecule has 17 heteroatoms. The summed E-state index contributed by atoms with van der Waals surface area (Å²) in [6.45, 7) is 4.48. The van der Waals surface area contributed by atoms with Gasteiger partial charge in [0.2, 0.25) is 5.91 Å². The van der Waals surface area contributed by atoms with Gasteiger partial charge in [-0.3, -0.25) is 14.5 Å². The number of nitrogens with one attached hydrogen (secondary N) is 1. The molecule has 0 aliphatic carbocycles. The minimum absolute atomic E-state index is 0.209. The van der Waals surface area contributed by atoms with Crippen LogP contribution in [0.1, 0.15) is 38.7 Å². The van der Waals surface area contributed by atoms with Crippen LogP contribution in [-0.2, 0) is 20.7 Å². The molecule has 2 heterocycles. The molecule has 9 N–H and O–H groups in total. The highest BCUT2D eigenvalue weighted by atomic mass is 127. The van der Waals surface area contributed by atoms with Gasteiger partial charge in [-0.1, -0.05) is 13.3 Å². The molecule has 10 atom stereocenters. The van der Waals surface area contributed by atoms with Gasteiger partial charge < -0.3 is 51.2 Å². The van der Waals surface area contributed by atoms with E-state index in [1.165, 1.54) is 18.7 Å². The number of phenols is 1. The van der Waals surface area contributed by atoms with E-state index in [1.54, 1.807) is 24.5 Å². The summed E-state index contributed by atoms with van der Waals surface area (Å²) in [5.41, 5.74) is 5.67. The van der Waals surface area contributed by atoms with Gasteiger partial charge in [-0.2, -0.15) is 0 Å². The molecule has 50 heavy (non-hydrogen) atoms.